The Bertz CT molecular complexity index is 1500. The Kier molecular flexibility index (Phi) is 8.64. The van der Waals surface area contributed by atoms with E-state index in [2.05, 4.69) is 48.5 Å². The Balaban J connectivity index is 1.53. The molecule has 3 aromatic heterocycles. The molecule has 0 radical (unpaired) electrons. The van der Waals surface area contributed by atoms with Gasteiger partial charge in [-0.25, -0.2) is 0 Å². The van der Waals surface area contributed by atoms with Gasteiger partial charge in [0, 0.05) is 39.1 Å². The topological polar surface area (TPSA) is 74.6 Å². The molecule has 0 spiro atoms. The highest BCUT2D eigenvalue weighted by Gasteiger charge is 2.20. The van der Waals surface area contributed by atoms with Crippen LogP contribution in [0, 0.1) is 0 Å². The van der Waals surface area contributed by atoms with Crippen LogP contribution in [0.1, 0.15) is 11.1 Å². The molecule has 0 aliphatic heterocycles. The molecule has 2 aromatic carbocycles. The monoisotopic (exact) mass is 608 g/mol. The Labute approximate surface area is 247 Å². The predicted molar refractivity (Wildman–Crippen MR) is 168 cm³/mol. The van der Waals surface area contributed by atoms with Gasteiger partial charge in [0.1, 0.15) is 0 Å². The van der Waals surface area contributed by atoms with Crippen LogP contribution in [0.3, 0.4) is 0 Å². The van der Waals surface area contributed by atoms with E-state index >= 15 is 0 Å². The van der Waals surface area contributed by atoms with E-state index in [1.165, 1.54) is 9.79 Å². The number of hydrogen-bond acceptors (Lipinski definition) is 7. The lowest BCUT2D eigenvalue weighted by Crippen LogP contribution is -1.99. The first-order valence-corrected chi connectivity index (χ1v) is 16.8. The first kappa shape index (κ1) is 27.7. The second kappa shape index (κ2) is 12.1. The van der Waals surface area contributed by atoms with E-state index in [-0.39, 0.29) is 12.8 Å². The average molecular weight is 609 g/mol. The Morgan fingerprint density at radius 2 is 0.974 bits per heavy atom. The van der Waals surface area contributed by atoms with Gasteiger partial charge in [-0.05, 0) is 83.3 Å². The van der Waals surface area contributed by atoms with E-state index in [0.717, 1.165) is 51.5 Å². The van der Waals surface area contributed by atoms with E-state index in [9.17, 15) is 19.8 Å². The minimum Gasteiger partial charge on any atom is -0.481 e. The van der Waals surface area contributed by atoms with E-state index in [0.29, 0.717) is 0 Å². The van der Waals surface area contributed by atoms with Crippen molar-refractivity contribution in [3.05, 3.63) is 83.9 Å². The molecule has 5 aromatic rings. The average Bonchev–Trinajstić information content (AvgIpc) is 3.67. The van der Waals surface area contributed by atoms with Gasteiger partial charge in [-0.15, -0.1) is 57.5 Å². The molecule has 198 valence electrons. The van der Waals surface area contributed by atoms with Crippen molar-refractivity contribution in [2.24, 2.45) is 0 Å². The van der Waals surface area contributed by atoms with Crippen LogP contribution in [0.15, 0.2) is 82.6 Å². The van der Waals surface area contributed by atoms with Crippen LogP contribution < -0.4 is 0 Å². The van der Waals surface area contributed by atoms with Gasteiger partial charge < -0.3 is 10.2 Å². The van der Waals surface area contributed by atoms with Gasteiger partial charge in [0.25, 0.3) is 0 Å². The summed E-state index contributed by atoms with van der Waals surface area (Å²) in [5.74, 6) is -1.73. The van der Waals surface area contributed by atoms with Gasteiger partial charge in [-0.3, -0.25) is 9.59 Å². The highest BCUT2D eigenvalue weighted by atomic mass is 32.2. The smallest absolute Gasteiger partial charge is 0.307 e. The van der Waals surface area contributed by atoms with Crippen molar-refractivity contribution in [3.63, 3.8) is 0 Å². The minimum absolute atomic E-state index is 0.0541. The van der Waals surface area contributed by atoms with Crippen LogP contribution in [-0.4, -0.2) is 34.7 Å². The summed E-state index contributed by atoms with van der Waals surface area (Å²) in [5.41, 5.74) is 3.70. The molecule has 0 aliphatic rings. The van der Waals surface area contributed by atoms with E-state index < -0.39 is 11.9 Å². The lowest BCUT2D eigenvalue weighted by Gasteiger charge is -2.00. The van der Waals surface area contributed by atoms with E-state index in [4.69, 9.17) is 0 Å². The number of thiophene rings is 3. The van der Waals surface area contributed by atoms with Gasteiger partial charge in [0.05, 0.1) is 12.8 Å². The van der Waals surface area contributed by atoms with Crippen LogP contribution >= 0.6 is 57.5 Å². The van der Waals surface area contributed by atoms with Gasteiger partial charge in [-0.2, -0.15) is 0 Å². The highest BCUT2D eigenvalue weighted by Crippen LogP contribution is 2.46. The maximum absolute atomic E-state index is 11.7. The summed E-state index contributed by atoms with van der Waals surface area (Å²) < 4.78 is 0. The lowest BCUT2D eigenvalue weighted by molar-refractivity contribution is -0.137. The molecule has 0 saturated heterocycles. The predicted octanol–water partition coefficient (Wildman–Crippen LogP) is 9.24. The Morgan fingerprint density at radius 3 is 1.31 bits per heavy atom. The Morgan fingerprint density at radius 1 is 0.590 bits per heavy atom. The minimum atomic E-state index is -0.866. The van der Waals surface area contributed by atoms with Gasteiger partial charge in [0.15, 0.2) is 0 Å². The second-order valence-electron chi connectivity index (χ2n) is 8.69. The maximum Gasteiger partial charge on any atom is 0.307 e. The highest BCUT2D eigenvalue weighted by molar-refractivity contribution is 7.98. The molecule has 39 heavy (non-hydrogen) atoms. The molecule has 0 aliphatic carbocycles. The number of thioether (sulfide) groups is 2. The summed E-state index contributed by atoms with van der Waals surface area (Å²) in [4.78, 5) is 31.6. The molecule has 0 bridgehead atoms. The molecule has 9 heteroatoms. The fraction of sp³-hybridized carbons (Fsp3) is 0.133. The zero-order valence-corrected chi connectivity index (χ0v) is 25.2. The van der Waals surface area contributed by atoms with Crippen molar-refractivity contribution in [1.82, 2.24) is 0 Å². The maximum atomic E-state index is 11.7. The molecule has 3 heterocycles. The third-order valence-corrected chi connectivity index (χ3v) is 11.5. The zero-order chi connectivity index (χ0) is 27.5. The molecule has 0 saturated carbocycles. The summed E-state index contributed by atoms with van der Waals surface area (Å²) in [7, 11) is 0. The summed E-state index contributed by atoms with van der Waals surface area (Å²) in [5, 5.41) is 19.2. The number of rotatable bonds is 10. The first-order chi connectivity index (χ1) is 18.8. The van der Waals surface area contributed by atoms with Gasteiger partial charge in [0.2, 0.25) is 0 Å². The normalized spacial score (nSPS) is 11.1. The van der Waals surface area contributed by atoms with Crippen LogP contribution in [-0.2, 0) is 22.4 Å². The van der Waals surface area contributed by atoms with Crippen molar-refractivity contribution in [1.29, 1.82) is 0 Å². The molecular weight excluding hydrogens is 585 g/mol. The largest absolute Gasteiger partial charge is 0.481 e. The quantitative estimate of drug-likeness (QED) is 0.154. The summed E-state index contributed by atoms with van der Waals surface area (Å²) >= 11 is 8.14. The van der Waals surface area contributed by atoms with Gasteiger partial charge in [-0.1, -0.05) is 24.3 Å². The molecule has 4 nitrogen and oxygen atoms in total. The first-order valence-electron chi connectivity index (χ1n) is 11.9. The van der Waals surface area contributed by atoms with Crippen LogP contribution in [0.5, 0.6) is 0 Å². The van der Waals surface area contributed by atoms with Gasteiger partial charge >= 0.3 is 11.9 Å². The van der Waals surface area contributed by atoms with E-state index in [1.807, 2.05) is 36.8 Å². The fourth-order valence-corrected chi connectivity index (χ4v) is 8.72. The third kappa shape index (κ3) is 6.34. The number of carboxylic acid groups (broad SMARTS) is 2. The third-order valence-electron chi connectivity index (χ3n) is 6.10. The standard InChI is InChI=1S/C30H24O4S5/c1-35-21-7-3-17(4-8-21)25-13-19(15-27(31)32)29(38-25)23-11-12-24(37-23)30-20(16-28(33)34)14-26(39-30)18-5-9-22(36-2)10-6-18/h3-14H,15-16H2,1-2H3,(H,31,32)(H,33,34). The van der Waals surface area contributed by atoms with Crippen LogP contribution in [0.2, 0.25) is 0 Å². The molecule has 0 unspecified atom stereocenters. The SMILES string of the molecule is CSc1ccc(-c2cc(CC(=O)O)c(-c3ccc(-c4sc(-c5ccc(SC)cc5)cc4CC(=O)O)s3)s2)cc1. The molecule has 0 amide bonds. The van der Waals surface area contributed by atoms with Crippen LogP contribution in [0.4, 0.5) is 0 Å². The zero-order valence-electron chi connectivity index (χ0n) is 21.1. The number of aliphatic carboxylic acids is 2. The van der Waals surface area contributed by atoms with Crippen molar-refractivity contribution in [2.45, 2.75) is 22.6 Å². The molecule has 0 fully saturated rings. The van der Waals surface area contributed by atoms with Crippen LogP contribution in [0.25, 0.3) is 40.4 Å². The molecule has 5 rings (SSSR count). The second-order valence-corrected chi connectivity index (χ2v) is 13.6. The summed E-state index contributed by atoms with van der Waals surface area (Å²) in [6, 6.07) is 24.6. The fourth-order valence-electron chi connectivity index (χ4n) is 4.24. The summed E-state index contributed by atoms with van der Waals surface area (Å²) in [6.07, 6.45) is 3.97. The number of carbonyl (C=O) groups is 2. The molecule has 0 atom stereocenters. The number of benzene rings is 2. The Hall–Kier alpha value is -2.82. The van der Waals surface area contributed by atoms with Crippen molar-refractivity contribution in [2.75, 3.05) is 12.5 Å². The number of carboxylic acids is 2. The molecular formula is C30H24O4S5. The molecule has 2 N–H and O–H groups in total. The van der Waals surface area contributed by atoms with E-state index in [1.54, 1.807) is 57.5 Å². The number of hydrogen-bond donors (Lipinski definition) is 2. The summed E-state index contributed by atoms with van der Waals surface area (Å²) in [6.45, 7) is 0. The van der Waals surface area contributed by atoms with Crippen molar-refractivity contribution < 1.29 is 19.8 Å². The van der Waals surface area contributed by atoms with Crippen molar-refractivity contribution in [3.8, 4) is 40.4 Å². The van der Waals surface area contributed by atoms with Crippen molar-refractivity contribution >= 4 is 69.5 Å². The lowest BCUT2D eigenvalue weighted by atomic mass is 10.1.